The van der Waals surface area contributed by atoms with Crippen LogP contribution in [0.5, 0.6) is 0 Å². The molecule has 0 saturated heterocycles. The molecule has 80 valence electrons. The monoisotopic (exact) mass is 188 g/mol. The minimum absolute atomic E-state index is 0.627. The van der Waals surface area contributed by atoms with Crippen molar-refractivity contribution in [2.75, 3.05) is 33.7 Å². The number of nitrogens with one attached hydrogen (secondary N) is 1. The molecule has 3 heteroatoms. The lowest BCUT2D eigenvalue weighted by molar-refractivity contribution is 0.0334. The summed E-state index contributed by atoms with van der Waals surface area (Å²) in [5, 5.41) is 13.1. The van der Waals surface area contributed by atoms with E-state index >= 15 is 0 Å². The van der Waals surface area contributed by atoms with Gasteiger partial charge in [-0.15, -0.1) is 0 Å². The molecule has 0 aliphatic heterocycles. The first-order valence-corrected chi connectivity index (χ1v) is 4.91. The zero-order chi connectivity index (χ0) is 10.5. The van der Waals surface area contributed by atoms with Gasteiger partial charge in [-0.25, -0.2) is 0 Å². The number of aliphatic hydroxyl groups is 1. The first-order chi connectivity index (χ1) is 5.83. The summed E-state index contributed by atoms with van der Waals surface area (Å²) in [6, 6.07) is 0. The van der Waals surface area contributed by atoms with Crippen LogP contribution in [0.15, 0.2) is 0 Å². The molecule has 0 radical (unpaired) electrons. The highest BCUT2D eigenvalue weighted by atomic mass is 16.3. The van der Waals surface area contributed by atoms with Crippen molar-refractivity contribution < 1.29 is 5.11 Å². The predicted octanol–water partition coefficient (Wildman–Crippen LogP) is 0.545. The molecule has 0 saturated carbocycles. The van der Waals surface area contributed by atoms with Gasteiger partial charge < -0.3 is 15.3 Å². The van der Waals surface area contributed by atoms with E-state index in [1.165, 1.54) is 0 Å². The second-order valence-corrected chi connectivity index (χ2v) is 4.76. The fraction of sp³-hybridized carbons (Fsp3) is 1.00. The molecule has 0 heterocycles. The number of nitrogens with zero attached hydrogens (tertiary/aromatic N) is 1. The SMILES string of the molecule is CC(C)CNCC(C)(O)CN(C)C. The highest BCUT2D eigenvalue weighted by Crippen LogP contribution is 2.02. The van der Waals surface area contributed by atoms with Crippen LogP contribution in [0.4, 0.5) is 0 Å². The quantitative estimate of drug-likeness (QED) is 0.639. The minimum Gasteiger partial charge on any atom is -0.388 e. The zero-order valence-corrected chi connectivity index (χ0v) is 9.59. The fourth-order valence-corrected chi connectivity index (χ4v) is 1.37. The summed E-state index contributed by atoms with van der Waals surface area (Å²) in [4.78, 5) is 2.00. The molecular weight excluding hydrogens is 164 g/mol. The van der Waals surface area contributed by atoms with Crippen LogP contribution < -0.4 is 5.32 Å². The molecule has 3 nitrogen and oxygen atoms in total. The molecule has 0 aromatic carbocycles. The maximum atomic E-state index is 9.89. The molecule has 2 N–H and O–H groups in total. The average Bonchev–Trinajstić information content (AvgIpc) is 1.81. The third kappa shape index (κ3) is 8.22. The van der Waals surface area contributed by atoms with Crippen LogP contribution in [0.2, 0.25) is 0 Å². The maximum Gasteiger partial charge on any atom is 0.0869 e. The summed E-state index contributed by atoms with van der Waals surface area (Å²) in [5.41, 5.74) is -0.627. The Morgan fingerprint density at radius 1 is 1.38 bits per heavy atom. The standard InChI is InChI=1S/C10H24N2O/c1-9(2)6-11-7-10(3,13)8-12(4)5/h9,11,13H,6-8H2,1-5H3. The number of likely N-dealkylation sites (N-methyl/N-ethyl adjacent to an activating group) is 1. The van der Waals surface area contributed by atoms with Crippen LogP contribution in [0.1, 0.15) is 20.8 Å². The summed E-state index contributed by atoms with van der Waals surface area (Å²) in [6.45, 7) is 8.49. The van der Waals surface area contributed by atoms with E-state index in [9.17, 15) is 5.11 Å². The Morgan fingerprint density at radius 2 is 1.92 bits per heavy atom. The lowest BCUT2D eigenvalue weighted by Crippen LogP contribution is -2.46. The summed E-state index contributed by atoms with van der Waals surface area (Å²) in [7, 11) is 3.94. The van der Waals surface area contributed by atoms with Crippen molar-refractivity contribution in [2.24, 2.45) is 5.92 Å². The lowest BCUT2D eigenvalue weighted by atomic mass is 10.1. The minimum atomic E-state index is -0.627. The van der Waals surface area contributed by atoms with Crippen LogP contribution in [-0.4, -0.2) is 49.3 Å². The van der Waals surface area contributed by atoms with Gasteiger partial charge in [-0.1, -0.05) is 13.8 Å². The fourth-order valence-electron chi connectivity index (χ4n) is 1.37. The van der Waals surface area contributed by atoms with Crippen LogP contribution in [-0.2, 0) is 0 Å². The van der Waals surface area contributed by atoms with Crippen molar-refractivity contribution in [2.45, 2.75) is 26.4 Å². The molecule has 0 aromatic heterocycles. The van der Waals surface area contributed by atoms with Crippen LogP contribution in [0.25, 0.3) is 0 Å². The van der Waals surface area contributed by atoms with Crippen molar-refractivity contribution in [1.82, 2.24) is 10.2 Å². The van der Waals surface area contributed by atoms with Crippen LogP contribution >= 0.6 is 0 Å². The molecule has 1 unspecified atom stereocenters. The smallest absolute Gasteiger partial charge is 0.0869 e. The van der Waals surface area contributed by atoms with Gasteiger partial charge in [0, 0.05) is 13.1 Å². The van der Waals surface area contributed by atoms with E-state index in [1.54, 1.807) is 0 Å². The normalized spacial score (nSPS) is 16.6. The van der Waals surface area contributed by atoms with Gasteiger partial charge in [-0.05, 0) is 33.5 Å². The average molecular weight is 188 g/mol. The van der Waals surface area contributed by atoms with Gasteiger partial charge >= 0.3 is 0 Å². The van der Waals surface area contributed by atoms with Crippen molar-refractivity contribution in [3.05, 3.63) is 0 Å². The van der Waals surface area contributed by atoms with E-state index in [1.807, 2.05) is 25.9 Å². The van der Waals surface area contributed by atoms with Gasteiger partial charge in [0.25, 0.3) is 0 Å². The Balaban J connectivity index is 3.62. The van der Waals surface area contributed by atoms with Crippen molar-refractivity contribution in [3.63, 3.8) is 0 Å². The lowest BCUT2D eigenvalue weighted by Gasteiger charge is -2.27. The van der Waals surface area contributed by atoms with Crippen molar-refractivity contribution >= 4 is 0 Å². The Bertz CT molecular complexity index is 133. The van der Waals surface area contributed by atoms with Crippen LogP contribution in [0.3, 0.4) is 0 Å². The highest BCUT2D eigenvalue weighted by molar-refractivity contribution is 4.78. The van der Waals surface area contributed by atoms with Crippen molar-refractivity contribution in [1.29, 1.82) is 0 Å². The van der Waals surface area contributed by atoms with Gasteiger partial charge in [0.1, 0.15) is 0 Å². The first kappa shape index (κ1) is 12.9. The molecule has 0 bridgehead atoms. The Kier molecular flexibility index (Phi) is 5.53. The molecule has 0 fully saturated rings. The molecular formula is C10H24N2O. The first-order valence-electron chi connectivity index (χ1n) is 4.91. The Labute approximate surface area is 82.1 Å². The molecule has 0 aliphatic carbocycles. The molecule has 0 spiro atoms. The topological polar surface area (TPSA) is 35.5 Å². The molecule has 0 aromatic rings. The largest absolute Gasteiger partial charge is 0.388 e. The van der Waals surface area contributed by atoms with E-state index in [4.69, 9.17) is 0 Å². The number of hydrogen-bond acceptors (Lipinski definition) is 3. The third-order valence-corrected chi connectivity index (χ3v) is 1.72. The van der Waals surface area contributed by atoms with E-state index < -0.39 is 5.60 Å². The van der Waals surface area contributed by atoms with E-state index in [0.717, 1.165) is 6.54 Å². The maximum absolute atomic E-state index is 9.89. The Morgan fingerprint density at radius 3 is 2.31 bits per heavy atom. The summed E-state index contributed by atoms with van der Waals surface area (Å²) in [6.07, 6.45) is 0. The van der Waals surface area contributed by atoms with E-state index in [2.05, 4.69) is 19.2 Å². The molecule has 0 aliphatic rings. The van der Waals surface area contributed by atoms with E-state index in [-0.39, 0.29) is 0 Å². The second-order valence-electron chi connectivity index (χ2n) is 4.76. The highest BCUT2D eigenvalue weighted by Gasteiger charge is 2.20. The van der Waals surface area contributed by atoms with Gasteiger partial charge in [0.05, 0.1) is 5.60 Å². The van der Waals surface area contributed by atoms with Gasteiger partial charge in [0.15, 0.2) is 0 Å². The third-order valence-electron chi connectivity index (χ3n) is 1.72. The second kappa shape index (κ2) is 5.58. The zero-order valence-electron chi connectivity index (χ0n) is 9.59. The number of rotatable bonds is 6. The number of hydrogen-bond donors (Lipinski definition) is 2. The molecule has 0 rings (SSSR count). The summed E-state index contributed by atoms with van der Waals surface area (Å²) in [5.74, 6) is 0.634. The predicted molar refractivity (Wildman–Crippen MR) is 56.9 cm³/mol. The van der Waals surface area contributed by atoms with E-state index in [0.29, 0.717) is 19.0 Å². The summed E-state index contributed by atoms with van der Waals surface area (Å²) >= 11 is 0. The van der Waals surface area contributed by atoms with Gasteiger partial charge in [0.2, 0.25) is 0 Å². The summed E-state index contributed by atoms with van der Waals surface area (Å²) < 4.78 is 0. The molecule has 13 heavy (non-hydrogen) atoms. The van der Waals surface area contributed by atoms with Crippen molar-refractivity contribution in [3.8, 4) is 0 Å². The van der Waals surface area contributed by atoms with Gasteiger partial charge in [-0.3, -0.25) is 0 Å². The van der Waals surface area contributed by atoms with Crippen LogP contribution in [0, 0.1) is 5.92 Å². The molecule has 1 atom stereocenters. The Hall–Kier alpha value is -0.120. The molecule has 0 amide bonds. The van der Waals surface area contributed by atoms with Gasteiger partial charge in [-0.2, -0.15) is 0 Å².